The first-order valence-electron chi connectivity index (χ1n) is 6.53. The smallest absolute Gasteiger partial charge is 0.314 e. The average molecular weight is 242 g/mol. The maximum atomic E-state index is 12.2. The molecule has 2 aliphatic rings. The quantitative estimate of drug-likeness (QED) is 0.748. The van der Waals surface area contributed by atoms with Crippen molar-refractivity contribution >= 4 is 5.97 Å². The van der Waals surface area contributed by atoms with Crippen LogP contribution in [0.1, 0.15) is 44.9 Å². The minimum Gasteiger partial charge on any atom is -0.469 e. The second-order valence-corrected chi connectivity index (χ2v) is 5.37. The minimum absolute atomic E-state index is 0.259. The van der Waals surface area contributed by atoms with Gasteiger partial charge in [0.2, 0.25) is 0 Å². The largest absolute Gasteiger partial charge is 0.469 e. The summed E-state index contributed by atoms with van der Waals surface area (Å²) < 4.78 is 10.1. The molecule has 2 rings (SSSR count). The van der Waals surface area contributed by atoms with Gasteiger partial charge in [0.15, 0.2) is 0 Å². The molecule has 1 aliphatic heterocycles. The zero-order valence-electron chi connectivity index (χ0n) is 10.5. The van der Waals surface area contributed by atoms with Gasteiger partial charge in [-0.1, -0.05) is 32.1 Å². The topological polar surface area (TPSA) is 55.8 Å². The summed E-state index contributed by atoms with van der Waals surface area (Å²) in [5.74, 6) is -0.259. The Bertz CT molecular complexity index is 275. The number of hydrogen-bond acceptors (Lipinski definition) is 4. The molecule has 98 valence electrons. The van der Waals surface area contributed by atoms with Gasteiger partial charge in [-0.3, -0.25) is 4.79 Å². The molecule has 0 aromatic heterocycles. The van der Waals surface area contributed by atoms with E-state index in [0.717, 1.165) is 38.5 Å². The van der Waals surface area contributed by atoms with Crippen LogP contribution in [0.4, 0.5) is 0 Å². The summed E-state index contributed by atoms with van der Waals surface area (Å²) in [6, 6.07) is 0. The van der Waals surface area contributed by atoms with Crippen molar-refractivity contribution in [1.29, 1.82) is 0 Å². The fraction of sp³-hybridized carbons (Fsp3) is 0.923. The van der Waals surface area contributed by atoms with E-state index in [9.17, 15) is 9.90 Å². The summed E-state index contributed by atoms with van der Waals surface area (Å²) in [5.41, 5.74) is -1.74. The van der Waals surface area contributed by atoms with Crippen molar-refractivity contribution in [1.82, 2.24) is 0 Å². The van der Waals surface area contributed by atoms with Gasteiger partial charge >= 0.3 is 5.97 Å². The molecule has 17 heavy (non-hydrogen) atoms. The number of methoxy groups -OCH3 is 1. The van der Waals surface area contributed by atoms with Gasteiger partial charge in [-0.2, -0.15) is 0 Å². The van der Waals surface area contributed by atoms with Gasteiger partial charge in [0.05, 0.1) is 20.3 Å². The third-order valence-electron chi connectivity index (χ3n) is 4.36. The van der Waals surface area contributed by atoms with Gasteiger partial charge in [0.25, 0.3) is 0 Å². The highest BCUT2D eigenvalue weighted by Crippen LogP contribution is 2.47. The Hall–Kier alpha value is -0.610. The van der Waals surface area contributed by atoms with Gasteiger partial charge in [-0.25, -0.2) is 0 Å². The van der Waals surface area contributed by atoms with Gasteiger partial charge in [-0.05, 0) is 12.8 Å². The molecule has 1 aliphatic carbocycles. The molecule has 0 aromatic rings. The Morgan fingerprint density at radius 3 is 2.06 bits per heavy atom. The Balaban J connectivity index is 2.23. The molecule has 0 spiro atoms. The lowest BCUT2D eigenvalue weighted by molar-refractivity contribution is -0.250. The van der Waals surface area contributed by atoms with Gasteiger partial charge in [0.1, 0.15) is 11.0 Å². The molecule has 1 saturated carbocycles. The summed E-state index contributed by atoms with van der Waals surface area (Å²) >= 11 is 0. The average Bonchev–Trinajstić information content (AvgIpc) is 2.25. The molecule has 0 amide bonds. The summed E-state index contributed by atoms with van der Waals surface area (Å²) in [5, 5.41) is 10.6. The van der Waals surface area contributed by atoms with Gasteiger partial charge < -0.3 is 14.6 Å². The van der Waals surface area contributed by atoms with E-state index in [1.807, 2.05) is 0 Å². The van der Waals surface area contributed by atoms with Crippen LogP contribution in [0.5, 0.6) is 0 Å². The molecule has 4 heteroatoms. The van der Waals surface area contributed by atoms with E-state index in [1.54, 1.807) is 0 Å². The number of ether oxygens (including phenoxy) is 2. The molecule has 1 N–H and O–H groups in total. The zero-order valence-corrected chi connectivity index (χ0v) is 10.5. The first-order chi connectivity index (χ1) is 8.15. The third kappa shape index (κ3) is 2.08. The molecule has 0 radical (unpaired) electrons. The van der Waals surface area contributed by atoms with Crippen LogP contribution in [0.25, 0.3) is 0 Å². The van der Waals surface area contributed by atoms with Gasteiger partial charge in [0, 0.05) is 0 Å². The Labute approximate surface area is 102 Å². The van der Waals surface area contributed by atoms with E-state index in [4.69, 9.17) is 9.47 Å². The fourth-order valence-electron chi connectivity index (χ4n) is 3.14. The molecule has 4 nitrogen and oxygen atoms in total. The Morgan fingerprint density at radius 1 is 1.12 bits per heavy atom. The molecule has 0 unspecified atom stereocenters. The van der Waals surface area contributed by atoms with Crippen molar-refractivity contribution in [2.75, 3.05) is 20.3 Å². The van der Waals surface area contributed by atoms with Crippen LogP contribution in [0.15, 0.2) is 0 Å². The first kappa shape index (κ1) is 12.8. The second kappa shape index (κ2) is 4.94. The van der Waals surface area contributed by atoms with Crippen molar-refractivity contribution < 1.29 is 19.4 Å². The number of carbonyl (C=O) groups is 1. The predicted octanol–water partition coefficient (Wildman–Crippen LogP) is 1.65. The van der Waals surface area contributed by atoms with Crippen molar-refractivity contribution in [2.24, 2.45) is 5.41 Å². The highest BCUT2D eigenvalue weighted by Gasteiger charge is 2.59. The summed E-state index contributed by atoms with van der Waals surface area (Å²) in [6.45, 7) is 0.532. The molecular weight excluding hydrogens is 220 g/mol. The van der Waals surface area contributed by atoms with E-state index in [1.165, 1.54) is 13.5 Å². The molecule has 1 heterocycles. The number of hydrogen-bond donors (Lipinski definition) is 1. The van der Waals surface area contributed by atoms with Gasteiger partial charge in [-0.15, -0.1) is 0 Å². The summed E-state index contributed by atoms with van der Waals surface area (Å²) in [4.78, 5) is 12.2. The lowest BCUT2D eigenvalue weighted by atomic mass is 9.63. The number of carbonyl (C=O) groups excluding carboxylic acids is 1. The lowest BCUT2D eigenvalue weighted by Crippen LogP contribution is -2.65. The number of esters is 1. The summed E-state index contributed by atoms with van der Waals surface area (Å²) in [7, 11) is 1.41. The van der Waals surface area contributed by atoms with E-state index >= 15 is 0 Å². The van der Waals surface area contributed by atoms with Crippen molar-refractivity contribution in [2.45, 2.75) is 50.5 Å². The standard InChI is InChI=1S/C13H22O4/c1-16-11(14)12(13(15)9-17-10-13)7-5-3-2-4-6-8-12/h15H,2-10H2,1H3. The van der Waals surface area contributed by atoms with E-state index in [0.29, 0.717) is 0 Å². The van der Waals surface area contributed by atoms with E-state index < -0.39 is 11.0 Å². The van der Waals surface area contributed by atoms with E-state index in [2.05, 4.69) is 0 Å². The molecule has 0 atom stereocenters. The molecule has 2 fully saturated rings. The lowest BCUT2D eigenvalue weighted by Gasteiger charge is -2.50. The third-order valence-corrected chi connectivity index (χ3v) is 4.36. The van der Waals surface area contributed by atoms with Crippen LogP contribution < -0.4 is 0 Å². The predicted molar refractivity (Wildman–Crippen MR) is 62.5 cm³/mol. The minimum atomic E-state index is -1.00. The van der Waals surface area contributed by atoms with Crippen LogP contribution in [-0.4, -0.2) is 37.0 Å². The number of aliphatic hydroxyl groups is 1. The van der Waals surface area contributed by atoms with Crippen LogP contribution in [0, 0.1) is 5.41 Å². The monoisotopic (exact) mass is 242 g/mol. The normalized spacial score (nSPS) is 27.4. The molecular formula is C13H22O4. The maximum Gasteiger partial charge on any atom is 0.314 e. The van der Waals surface area contributed by atoms with Crippen molar-refractivity contribution in [3.05, 3.63) is 0 Å². The van der Waals surface area contributed by atoms with Crippen LogP contribution in [-0.2, 0) is 14.3 Å². The maximum absolute atomic E-state index is 12.2. The number of rotatable bonds is 2. The zero-order chi connectivity index (χ0) is 12.4. The fourth-order valence-corrected chi connectivity index (χ4v) is 3.14. The molecule has 0 bridgehead atoms. The molecule has 1 saturated heterocycles. The van der Waals surface area contributed by atoms with E-state index in [-0.39, 0.29) is 19.2 Å². The van der Waals surface area contributed by atoms with Crippen LogP contribution in [0.3, 0.4) is 0 Å². The second-order valence-electron chi connectivity index (χ2n) is 5.37. The summed E-state index contributed by atoms with van der Waals surface area (Å²) in [6.07, 6.45) is 6.91. The highest BCUT2D eigenvalue weighted by molar-refractivity contribution is 5.78. The molecule has 0 aromatic carbocycles. The van der Waals surface area contributed by atoms with Crippen molar-refractivity contribution in [3.63, 3.8) is 0 Å². The first-order valence-corrected chi connectivity index (χ1v) is 6.53. The Kier molecular flexibility index (Phi) is 3.73. The SMILES string of the molecule is COC(=O)C1(C2(O)COC2)CCCCCCC1. The highest BCUT2D eigenvalue weighted by atomic mass is 16.6. The Morgan fingerprint density at radius 2 is 1.65 bits per heavy atom. The van der Waals surface area contributed by atoms with Crippen LogP contribution in [0.2, 0.25) is 0 Å². The van der Waals surface area contributed by atoms with Crippen molar-refractivity contribution in [3.8, 4) is 0 Å². The van der Waals surface area contributed by atoms with Crippen LogP contribution >= 0.6 is 0 Å².